The maximum atomic E-state index is 15.4. The van der Waals surface area contributed by atoms with E-state index >= 15 is 4.79 Å². The maximum Gasteiger partial charge on any atom is 0.407 e. The summed E-state index contributed by atoms with van der Waals surface area (Å²) in [7, 11) is 0. The van der Waals surface area contributed by atoms with Gasteiger partial charge in [0.25, 0.3) is 0 Å². The lowest BCUT2D eigenvalue weighted by molar-refractivity contribution is -0.346. The third-order valence-electron chi connectivity index (χ3n) is 13.4. The summed E-state index contributed by atoms with van der Waals surface area (Å²) in [5.41, 5.74) is -8.49. The molecule has 4 aliphatic rings. The van der Waals surface area contributed by atoms with E-state index in [1.807, 2.05) is 0 Å². The van der Waals surface area contributed by atoms with Crippen LogP contribution in [-0.2, 0) is 47.6 Å². The Morgan fingerprint density at radius 2 is 1.62 bits per heavy atom. The van der Waals surface area contributed by atoms with Crippen molar-refractivity contribution < 1.29 is 72.5 Å². The Morgan fingerprint density at radius 1 is 0.967 bits per heavy atom. The molecule has 0 radical (unpaired) electrons. The average Bonchev–Trinajstić information content (AvgIpc) is 3.17. The van der Waals surface area contributed by atoms with E-state index in [0.29, 0.717) is 6.42 Å². The van der Waals surface area contributed by atoms with Crippen LogP contribution in [0.4, 0.5) is 4.79 Å². The molecule has 11 atom stereocenters. The fourth-order valence-corrected chi connectivity index (χ4v) is 9.99. The second kappa shape index (κ2) is 17.8. The monoisotopic (exact) mass is 857 g/mol. The number of rotatable bonds is 13. The van der Waals surface area contributed by atoms with E-state index in [2.05, 4.69) is 12.2 Å². The number of nitrogens with one attached hydrogen (secondary N) is 1. The molecule has 3 aliphatic carbocycles. The summed E-state index contributed by atoms with van der Waals surface area (Å²) in [4.78, 5) is 82.6. The number of Topliss-reactive ketones (excluding diaryl/α,β-unsaturated/α-hetero) is 1. The number of amides is 1. The fourth-order valence-electron chi connectivity index (χ4n) is 9.99. The van der Waals surface area contributed by atoms with Gasteiger partial charge in [-0.1, -0.05) is 79.0 Å². The molecule has 0 unspecified atom stereocenters. The van der Waals surface area contributed by atoms with Gasteiger partial charge in [-0.25, -0.2) is 14.4 Å². The summed E-state index contributed by atoms with van der Waals surface area (Å²) in [6, 6.07) is 6.62. The molecule has 2 bridgehead atoms. The number of aliphatic hydroxyl groups excluding tert-OH is 2. The maximum absolute atomic E-state index is 15.4. The Morgan fingerprint density at radius 3 is 2.18 bits per heavy atom. The number of benzene rings is 1. The Bertz CT molecular complexity index is 1890. The Balaban J connectivity index is 1.67. The molecule has 3 fully saturated rings. The lowest BCUT2D eigenvalue weighted by Gasteiger charge is -2.67. The number of alkyl carbamates (subject to hydrolysis) is 1. The van der Waals surface area contributed by atoms with Crippen molar-refractivity contribution in [3.63, 3.8) is 0 Å². The zero-order valence-electron chi connectivity index (χ0n) is 36.9. The molecule has 16 heteroatoms. The number of aliphatic hydroxyl groups is 3. The topological polar surface area (TPSA) is 231 Å². The highest BCUT2D eigenvalue weighted by molar-refractivity contribution is 5.95. The Hall–Kier alpha value is -4.38. The van der Waals surface area contributed by atoms with Crippen molar-refractivity contribution in [1.82, 2.24) is 5.32 Å². The second-order valence-corrected chi connectivity index (χ2v) is 18.8. The third kappa shape index (κ3) is 8.69. The zero-order chi connectivity index (χ0) is 45.5. The summed E-state index contributed by atoms with van der Waals surface area (Å²) in [5, 5.41) is 39.8. The molecule has 1 aromatic carbocycles. The predicted molar refractivity (Wildman–Crippen MR) is 216 cm³/mol. The summed E-state index contributed by atoms with van der Waals surface area (Å²) in [6.07, 6.45) is -7.76. The molecule has 5 rings (SSSR count). The highest BCUT2D eigenvalue weighted by Crippen LogP contribution is 2.64. The van der Waals surface area contributed by atoms with Gasteiger partial charge >= 0.3 is 30.0 Å². The van der Waals surface area contributed by atoms with Crippen LogP contribution in [0.2, 0.25) is 0 Å². The number of fused-ring (bicyclic) bond motifs is 5. The van der Waals surface area contributed by atoms with Gasteiger partial charge in [0.15, 0.2) is 23.6 Å². The molecule has 1 amide bonds. The minimum Gasteiger partial charge on any atom is -0.456 e. The van der Waals surface area contributed by atoms with Crippen molar-refractivity contribution in [3.8, 4) is 0 Å². The number of ketones is 1. The Labute approximate surface area is 357 Å². The lowest BCUT2D eigenvalue weighted by Crippen LogP contribution is -2.82. The lowest BCUT2D eigenvalue weighted by atomic mass is 9.44. The zero-order valence-corrected chi connectivity index (χ0v) is 36.9. The molecular formula is C45H63NO15. The normalized spacial score (nSPS) is 32.6. The van der Waals surface area contributed by atoms with Gasteiger partial charge in [0.2, 0.25) is 0 Å². The molecule has 0 spiro atoms. The van der Waals surface area contributed by atoms with E-state index in [0.717, 1.165) is 33.1 Å². The SMILES string of the molecule is CCCCCCOC(=O)N[C@H]([C@@H](O)C(=O)O[C@H]1C[C@@]2(O)[C@@H](OC(=O)c3ccccc3)[C@@H]3[C@]4(OC(C)=O)CO[C@@H]4C[C@H](O)[C@@]3(C)C(=O)[C@H](OC(C)=O)C(=C1C)C2(C)C)C(C)(C)C. The van der Waals surface area contributed by atoms with Gasteiger partial charge in [-0.2, -0.15) is 0 Å². The van der Waals surface area contributed by atoms with Crippen molar-refractivity contribution in [2.75, 3.05) is 13.2 Å². The van der Waals surface area contributed by atoms with Crippen LogP contribution in [0.5, 0.6) is 0 Å². The number of carbonyl (C=O) groups excluding carboxylic acids is 6. The van der Waals surface area contributed by atoms with Crippen molar-refractivity contribution in [3.05, 3.63) is 47.0 Å². The number of unbranched alkanes of at least 4 members (excludes halogenated alkanes) is 3. The smallest absolute Gasteiger partial charge is 0.407 e. The molecule has 1 heterocycles. The average molecular weight is 858 g/mol. The largest absolute Gasteiger partial charge is 0.456 e. The van der Waals surface area contributed by atoms with E-state index in [1.54, 1.807) is 52.8 Å². The second-order valence-electron chi connectivity index (χ2n) is 18.8. The number of carbonyl (C=O) groups is 6. The van der Waals surface area contributed by atoms with Gasteiger partial charge in [0, 0.05) is 32.1 Å². The fraction of sp³-hybridized carbons (Fsp3) is 0.689. The van der Waals surface area contributed by atoms with Gasteiger partial charge in [-0.15, -0.1) is 0 Å². The summed E-state index contributed by atoms with van der Waals surface area (Å²) >= 11 is 0. The summed E-state index contributed by atoms with van der Waals surface area (Å²) < 4.78 is 35.5. The first kappa shape index (κ1) is 47.7. The minimum atomic E-state index is -2.37. The van der Waals surface area contributed by atoms with Crippen LogP contribution in [0, 0.1) is 22.2 Å². The van der Waals surface area contributed by atoms with Gasteiger partial charge < -0.3 is 49.1 Å². The molecule has 16 nitrogen and oxygen atoms in total. The number of hydrogen-bond acceptors (Lipinski definition) is 15. The molecule has 0 aromatic heterocycles. The van der Waals surface area contributed by atoms with Crippen molar-refractivity contribution >= 4 is 35.8 Å². The highest BCUT2D eigenvalue weighted by Gasteiger charge is 2.78. The molecule has 1 saturated heterocycles. The number of esters is 4. The number of ether oxygens (including phenoxy) is 6. The molecular weight excluding hydrogens is 794 g/mol. The summed E-state index contributed by atoms with van der Waals surface area (Å²) in [5.74, 6) is -6.19. The first-order valence-electron chi connectivity index (χ1n) is 21.1. The van der Waals surface area contributed by atoms with Crippen LogP contribution in [0.15, 0.2) is 41.5 Å². The Kier molecular flexibility index (Phi) is 13.9. The van der Waals surface area contributed by atoms with Gasteiger partial charge in [-0.05, 0) is 49.0 Å². The van der Waals surface area contributed by atoms with Crippen LogP contribution in [0.3, 0.4) is 0 Å². The molecule has 61 heavy (non-hydrogen) atoms. The van der Waals surface area contributed by atoms with E-state index < -0.39 is 118 Å². The van der Waals surface area contributed by atoms with Gasteiger partial charge in [0.1, 0.15) is 23.9 Å². The molecule has 4 N–H and O–H groups in total. The van der Waals surface area contributed by atoms with E-state index in [1.165, 1.54) is 26.0 Å². The highest BCUT2D eigenvalue weighted by atomic mass is 16.6. The predicted octanol–water partition coefficient (Wildman–Crippen LogP) is 4.29. The van der Waals surface area contributed by atoms with Crippen LogP contribution in [0.25, 0.3) is 0 Å². The minimum absolute atomic E-state index is 0.00652. The standard InChI is InChI=1S/C45H63NO15/c1-11-12-13-17-20-56-40(54)46-35(41(5,6)7)32(50)39(53)59-28-22-45(55)37(60-38(52)27-18-15-14-16-19-27)34-43(10,29(49)21-30-44(34,23-57-30)61-26(4)48)36(51)33(58-25(3)47)31(24(28)2)42(45,8)9/h14-16,18-19,28-30,32-35,37,49-50,55H,11-13,17,20-23H2,1-10H3,(H,46,54)/t28-,29-,30+,32+,33+,34-,35+,37-,43+,44-,45+/m0/s1. The molecule has 1 aromatic rings. The van der Waals surface area contributed by atoms with Crippen molar-refractivity contribution in [2.45, 2.75) is 162 Å². The summed E-state index contributed by atoms with van der Waals surface area (Å²) in [6.45, 7) is 15.3. The van der Waals surface area contributed by atoms with Gasteiger partial charge in [0.05, 0.1) is 42.3 Å². The first-order valence-corrected chi connectivity index (χ1v) is 21.1. The quantitative estimate of drug-likeness (QED) is 0.0939. The number of hydrogen-bond donors (Lipinski definition) is 4. The van der Waals surface area contributed by atoms with Crippen molar-refractivity contribution in [1.29, 1.82) is 0 Å². The van der Waals surface area contributed by atoms with Crippen molar-refractivity contribution in [2.24, 2.45) is 22.2 Å². The van der Waals surface area contributed by atoms with Crippen LogP contribution in [0.1, 0.15) is 118 Å². The molecule has 2 saturated carbocycles. The van der Waals surface area contributed by atoms with Gasteiger partial charge in [-0.3, -0.25) is 14.4 Å². The van der Waals surface area contributed by atoms with E-state index in [-0.39, 0.29) is 36.3 Å². The van der Waals surface area contributed by atoms with Crippen LogP contribution >= 0.6 is 0 Å². The molecule has 338 valence electrons. The third-order valence-corrected chi connectivity index (χ3v) is 13.4. The van der Waals surface area contributed by atoms with Crippen LogP contribution < -0.4 is 5.32 Å². The molecule has 1 aliphatic heterocycles. The first-order chi connectivity index (χ1) is 28.4. The van der Waals surface area contributed by atoms with E-state index in [4.69, 9.17) is 28.4 Å². The van der Waals surface area contributed by atoms with Crippen LogP contribution in [-0.4, -0.2) is 118 Å². The van der Waals surface area contributed by atoms with E-state index in [9.17, 15) is 39.3 Å².